The van der Waals surface area contributed by atoms with Gasteiger partial charge in [-0.25, -0.2) is 14.0 Å². The average molecular weight is 432 g/mol. The first-order valence-corrected chi connectivity index (χ1v) is 10.2. The van der Waals surface area contributed by atoms with Gasteiger partial charge in [-0.2, -0.15) is 0 Å². The number of Topliss-reactive ketones (excluding diaryl/α,β-unsaturated/α-hetero) is 1. The van der Waals surface area contributed by atoms with Crippen molar-refractivity contribution in [3.8, 4) is 0 Å². The highest BCUT2D eigenvalue weighted by Gasteiger charge is 2.54. The van der Waals surface area contributed by atoms with Crippen molar-refractivity contribution in [3.05, 3.63) is 106 Å². The quantitative estimate of drug-likeness (QED) is 0.566. The van der Waals surface area contributed by atoms with Gasteiger partial charge in [0, 0.05) is 23.7 Å². The van der Waals surface area contributed by atoms with E-state index in [0.29, 0.717) is 5.56 Å². The Labute approximate surface area is 184 Å². The molecule has 0 aromatic heterocycles. The van der Waals surface area contributed by atoms with Gasteiger partial charge in [-0.1, -0.05) is 48.5 Å². The molecule has 162 valence electrons. The molecule has 3 aromatic rings. The summed E-state index contributed by atoms with van der Waals surface area (Å²) in [5, 5.41) is 18.4. The van der Waals surface area contributed by atoms with Crippen LogP contribution in [0.4, 0.5) is 4.39 Å². The van der Waals surface area contributed by atoms with Gasteiger partial charge in [0.05, 0.1) is 11.1 Å². The van der Waals surface area contributed by atoms with Crippen molar-refractivity contribution < 1.29 is 29.0 Å². The lowest BCUT2D eigenvalue weighted by Crippen LogP contribution is -2.45. The number of carbonyl (C=O) groups excluding carboxylic acids is 1. The zero-order valence-electron chi connectivity index (χ0n) is 17.2. The molecule has 0 saturated heterocycles. The molecule has 0 heterocycles. The lowest BCUT2D eigenvalue weighted by molar-refractivity contribution is -0.126. The van der Waals surface area contributed by atoms with Crippen molar-refractivity contribution in [2.24, 2.45) is 5.92 Å². The minimum absolute atomic E-state index is 0.0371. The maximum Gasteiger partial charge on any atom is 0.335 e. The number of ketones is 1. The molecule has 4 atom stereocenters. The Hall–Kier alpha value is -3.80. The summed E-state index contributed by atoms with van der Waals surface area (Å²) in [5.74, 6) is -4.43. The number of rotatable bonds is 6. The van der Waals surface area contributed by atoms with Gasteiger partial charge in [-0.3, -0.25) is 4.79 Å². The summed E-state index contributed by atoms with van der Waals surface area (Å²) in [7, 11) is 0. The number of carboxylic acid groups (broad SMARTS) is 2. The van der Waals surface area contributed by atoms with Gasteiger partial charge in [0.25, 0.3) is 0 Å². The maximum atomic E-state index is 15.1. The van der Waals surface area contributed by atoms with Crippen LogP contribution in [0.3, 0.4) is 0 Å². The molecule has 1 fully saturated rings. The normalized spacial score (nSPS) is 22.1. The number of hydrogen-bond acceptors (Lipinski definition) is 3. The van der Waals surface area contributed by atoms with Crippen molar-refractivity contribution >= 4 is 17.7 Å². The van der Waals surface area contributed by atoms with Gasteiger partial charge in [0.2, 0.25) is 0 Å². The zero-order chi connectivity index (χ0) is 23.0. The fourth-order valence-corrected chi connectivity index (χ4v) is 4.92. The molecule has 0 aliphatic heterocycles. The molecular formula is C26H21FO5. The second-order valence-electron chi connectivity index (χ2n) is 8.09. The summed E-state index contributed by atoms with van der Waals surface area (Å²) in [4.78, 5) is 35.2. The fraction of sp³-hybridized carbons (Fsp3) is 0.192. The van der Waals surface area contributed by atoms with Gasteiger partial charge < -0.3 is 10.2 Å². The molecule has 0 amide bonds. The molecule has 6 heteroatoms. The average Bonchev–Trinajstić information content (AvgIpc) is 2.75. The first kappa shape index (κ1) is 21.4. The predicted molar refractivity (Wildman–Crippen MR) is 116 cm³/mol. The van der Waals surface area contributed by atoms with Crippen LogP contribution in [0, 0.1) is 11.7 Å². The van der Waals surface area contributed by atoms with Crippen LogP contribution in [-0.4, -0.2) is 27.9 Å². The second-order valence-corrected chi connectivity index (χ2v) is 8.09. The largest absolute Gasteiger partial charge is 0.478 e. The summed E-state index contributed by atoms with van der Waals surface area (Å²) in [6, 6.07) is 19.5. The second kappa shape index (κ2) is 8.38. The van der Waals surface area contributed by atoms with E-state index >= 15 is 4.39 Å². The van der Waals surface area contributed by atoms with E-state index in [0.717, 1.165) is 17.2 Å². The first-order valence-electron chi connectivity index (χ1n) is 10.2. The Morgan fingerprint density at radius 2 is 1.25 bits per heavy atom. The van der Waals surface area contributed by atoms with E-state index in [1.165, 1.54) is 31.2 Å². The van der Waals surface area contributed by atoms with Gasteiger partial charge in [-0.15, -0.1) is 0 Å². The van der Waals surface area contributed by atoms with Crippen LogP contribution in [0.15, 0.2) is 72.8 Å². The lowest BCUT2D eigenvalue weighted by Gasteiger charge is -2.52. The summed E-state index contributed by atoms with van der Waals surface area (Å²) in [6.07, 6.45) is 0. The minimum Gasteiger partial charge on any atom is -0.478 e. The van der Waals surface area contributed by atoms with E-state index in [9.17, 15) is 24.6 Å². The van der Waals surface area contributed by atoms with Gasteiger partial charge in [0.15, 0.2) is 0 Å². The number of carbonyl (C=O) groups is 3. The van der Waals surface area contributed by atoms with Crippen LogP contribution in [0.2, 0.25) is 0 Å². The van der Waals surface area contributed by atoms with E-state index in [2.05, 4.69) is 0 Å². The van der Waals surface area contributed by atoms with Crippen molar-refractivity contribution in [2.75, 3.05) is 0 Å². The van der Waals surface area contributed by atoms with Crippen molar-refractivity contribution in [2.45, 2.75) is 24.7 Å². The molecule has 1 aliphatic rings. The van der Waals surface area contributed by atoms with Crippen LogP contribution in [0.25, 0.3) is 0 Å². The minimum atomic E-state index is -1.22. The summed E-state index contributed by atoms with van der Waals surface area (Å²) in [5.41, 5.74) is 1.97. The molecule has 4 rings (SSSR count). The number of hydrogen-bond donors (Lipinski definition) is 2. The van der Waals surface area contributed by atoms with Gasteiger partial charge in [-0.05, 0) is 47.9 Å². The van der Waals surface area contributed by atoms with Gasteiger partial charge in [0.1, 0.15) is 11.6 Å². The van der Waals surface area contributed by atoms with E-state index in [-0.39, 0.29) is 28.7 Å². The van der Waals surface area contributed by atoms with Gasteiger partial charge >= 0.3 is 11.9 Å². The van der Waals surface area contributed by atoms with Crippen molar-refractivity contribution in [3.63, 3.8) is 0 Å². The zero-order valence-corrected chi connectivity index (χ0v) is 17.2. The molecule has 0 radical (unpaired) electrons. The fourth-order valence-electron chi connectivity index (χ4n) is 4.92. The number of aromatic carboxylic acids is 2. The lowest BCUT2D eigenvalue weighted by atomic mass is 9.49. The highest BCUT2D eigenvalue weighted by atomic mass is 19.1. The summed E-state index contributed by atoms with van der Waals surface area (Å²) < 4.78 is 15.1. The molecule has 0 bridgehead atoms. The van der Waals surface area contributed by atoms with Crippen molar-refractivity contribution in [1.82, 2.24) is 0 Å². The maximum absolute atomic E-state index is 15.1. The Balaban J connectivity index is 1.85. The molecule has 1 aliphatic carbocycles. The highest BCUT2D eigenvalue weighted by Crippen LogP contribution is 2.62. The molecule has 0 spiro atoms. The number of benzene rings is 3. The van der Waals surface area contributed by atoms with Crippen molar-refractivity contribution in [1.29, 1.82) is 0 Å². The van der Waals surface area contributed by atoms with Crippen LogP contribution in [0.5, 0.6) is 0 Å². The van der Waals surface area contributed by atoms with Crippen LogP contribution in [-0.2, 0) is 4.79 Å². The predicted octanol–water partition coefficient (Wildman–Crippen LogP) is 5.09. The van der Waals surface area contributed by atoms with E-state index < -0.39 is 29.6 Å². The van der Waals surface area contributed by atoms with E-state index in [1.54, 1.807) is 12.1 Å². The summed E-state index contributed by atoms with van der Waals surface area (Å²) in [6.45, 7) is 1.51. The molecule has 3 unspecified atom stereocenters. The first-order chi connectivity index (χ1) is 15.3. The third-order valence-electron chi connectivity index (χ3n) is 6.35. The number of halogens is 1. The van der Waals surface area contributed by atoms with E-state index in [4.69, 9.17) is 0 Å². The molecule has 3 aromatic carbocycles. The van der Waals surface area contributed by atoms with Crippen LogP contribution >= 0.6 is 0 Å². The third-order valence-corrected chi connectivity index (χ3v) is 6.35. The number of carboxylic acids is 2. The molecule has 1 saturated carbocycles. The SMILES string of the molecule is CC(=O)C1C(c2ccccc2)[C@@H](c2ccc(C(=O)O)cc2F)C1c1ccc(C(=O)O)cc1. The van der Waals surface area contributed by atoms with E-state index in [1.807, 2.05) is 30.3 Å². The molecule has 32 heavy (non-hydrogen) atoms. The highest BCUT2D eigenvalue weighted by molar-refractivity contribution is 5.88. The molecule has 2 N–H and O–H groups in total. The topological polar surface area (TPSA) is 91.7 Å². The summed E-state index contributed by atoms with van der Waals surface area (Å²) >= 11 is 0. The Kier molecular flexibility index (Phi) is 5.61. The third kappa shape index (κ3) is 3.68. The molecule has 5 nitrogen and oxygen atoms in total. The Morgan fingerprint density at radius 3 is 1.75 bits per heavy atom. The molecular weight excluding hydrogens is 411 g/mol. The van der Waals surface area contributed by atoms with Crippen LogP contribution in [0.1, 0.15) is 62.1 Å². The Bertz CT molecular complexity index is 1190. The smallest absolute Gasteiger partial charge is 0.335 e. The Morgan fingerprint density at radius 1 is 0.719 bits per heavy atom. The monoisotopic (exact) mass is 432 g/mol. The standard InChI is InChI=1S/C26H21FO5/c1-14(28)21-22(15-5-3-2-4-6-15)24(19-12-11-18(26(31)32)13-20(19)27)23(21)16-7-9-17(10-8-16)25(29)30/h2-13,21-24H,1H3,(H,29,30)(H,31,32)/t21?,22?,23?,24-/m1/s1. The van der Waals surface area contributed by atoms with Crippen LogP contribution < -0.4 is 0 Å².